The van der Waals surface area contributed by atoms with E-state index in [0.717, 1.165) is 12.2 Å². The van der Waals surface area contributed by atoms with Crippen molar-refractivity contribution in [3.8, 4) is 0 Å². The second-order valence-corrected chi connectivity index (χ2v) is 6.89. The third-order valence-electron chi connectivity index (χ3n) is 4.45. The topological polar surface area (TPSA) is 16.1 Å². The molecule has 20 heavy (non-hydrogen) atoms. The highest BCUT2D eigenvalue weighted by molar-refractivity contribution is 5.87. The minimum absolute atomic E-state index is 0.451. The quantitative estimate of drug-likeness (QED) is 0.813. The Hall–Kier alpha value is -1.41. The number of rotatable bonds is 2. The SMILES string of the molecule is Cc1ncc(CN2CCCC(C)(C)C2)c2ccccc12. The van der Waals surface area contributed by atoms with Crippen LogP contribution in [0.5, 0.6) is 0 Å². The van der Waals surface area contributed by atoms with E-state index in [-0.39, 0.29) is 0 Å². The van der Waals surface area contributed by atoms with Gasteiger partial charge >= 0.3 is 0 Å². The van der Waals surface area contributed by atoms with Crippen LogP contribution in [0.15, 0.2) is 30.5 Å². The molecule has 0 bridgehead atoms. The van der Waals surface area contributed by atoms with Gasteiger partial charge in [-0.25, -0.2) is 0 Å². The van der Waals surface area contributed by atoms with Crippen LogP contribution in [0.2, 0.25) is 0 Å². The van der Waals surface area contributed by atoms with E-state index in [1.54, 1.807) is 0 Å². The zero-order valence-electron chi connectivity index (χ0n) is 12.8. The van der Waals surface area contributed by atoms with E-state index in [2.05, 4.69) is 61.1 Å². The number of nitrogens with zero attached hydrogens (tertiary/aromatic N) is 2. The second-order valence-electron chi connectivity index (χ2n) is 6.89. The van der Waals surface area contributed by atoms with Gasteiger partial charge in [0.05, 0.1) is 0 Å². The number of aromatic nitrogens is 1. The van der Waals surface area contributed by atoms with Crippen LogP contribution >= 0.6 is 0 Å². The van der Waals surface area contributed by atoms with Gasteiger partial charge in [-0.15, -0.1) is 0 Å². The molecule has 1 aliphatic heterocycles. The molecule has 0 N–H and O–H groups in total. The Kier molecular flexibility index (Phi) is 3.51. The van der Waals surface area contributed by atoms with Crippen molar-refractivity contribution in [1.29, 1.82) is 0 Å². The third kappa shape index (κ3) is 2.71. The molecule has 1 aromatic heterocycles. The van der Waals surface area contributed by atoms with Gasteiger partial charge in [0, 0.05) is 30.4 Å². The minimum Gasteiger partial charge on any atom is -0.298 e. The number of hydrogen-bond donors (Lipinski definition) is 0. The number of fused-ring (bicyclic) bond motifs is 1. The molecular formula is C18H24N2. The van der Waals surface area contributed by atoms with Gasteiger partial charge in [-0.05, 0) is 42.7 Å². The molecule has 0 aliphatic carbocycles. The monoisotopic (exact) mass is 268 g/mol. The van der Waals surface area contributed by atoms with Gasteiger partial charge < -0.3 is 0 Å². The lowest BCUT2D eigenvalue weighted by Gasteiger charge is -2.38. The molecule has 2 nitrogen and oxygen atoms in total. The molecule has 2 heteroatoms. The molecule has 0 amide bonds. The van der Waals surface area contributed by atoms with E-state index in [4.69, 9.17) is 0 Å². The average Bonchev–Trinajstić information content (AvgIpc) is 2.41. The Morgan fingerprint density at radius 2 is 1.95 bits per heavy atom. The summed E-state index contributed by atoms with van der Waals surface area (Å²) in [5, 5.41) is 2.66. The normalized spacial score (nSPS) is 19.4. The van der Waals surface area contributed by atoms with Crippen molar-refractivity contribution < 1.29 is 0 Å². The van der Waals surface area contributed by atoms with Gasteiger partial charge in [-0.2, -0.15) is 0 Å². The van der Waals surface area contributed by atoms with E-state index in [9.17, 15) is 0 Å². The maximum Gasteiger partial charge on any atom is 0.0451 e. The fraction of sp³-hybridized carbons (Fsp3) is 0.500. The first-order chi connectivity index (χ1) is 9.55. The predicted molar refractivity (Wildman–Crippen MR) is 84.8 cm³/mol. The molecule has 2 heterocycles. The summed E-state index contributed by atoms with van der Waals surface area (Å²) in [4.78, 5) is 7.17. The summed E-state index contributed by atoms with van der Waals surface area (Å²) in [7, 11) is 0. The average molecular weight is 268 g/mol. The summed E-state index contributed by atoms with van der Waals surface area (Å²) in [6.07, 6.45) is 4.72. The molecule has 2 aromatic rings. The van der Waals surface area contributed by atoms with Crippen molar-refractivity contribution in [2.75, 3.05) is 13.1 Å². The van der Waals surface area contributed by atoms with Crippen molar-refractivity contribution in [2.24, 2.45) is 5.41 Å². The number of likely N-dealkylation sites (tertiary alicyclic amines) is 1. The number of hydrogen-bond acceptors (Lipinski definition) is 2. The van der Waals surface area contributed by atoms with Crippen molar-refractivity contribution in [3.05, 3.63) is 41.7 Å². The van der Waals surface area contributed by atoms with Gasteiger partial charge in [0.15, 0.2) is 0 Å². The molecular weight excluding hydrogens is 244 g/mol. The Morgan fingerprint density at radius 1 is 1.20 bits per heavy atom. The van der Waals surface area contributed by atoms with Crippen LogP contribution in [0.1, 0.15) is 37.9 Å². The summed E-state index contributed by atoms with van der Waals surface area (Å²) >= 11 is 0. The fourth-order valence-electron chi connectivity index (χ4n) is 3.44. The summed E-state index contributed by atoms with van der Waals surface area (Å²) < 4.78 is 0. The van der Waals surface area contributed by atoms with Crippen molar-refractivity contribution in [1.82, 2.24) is 9.88 Å². The van der Waals surface area contributed by atoms with Crippen LogP contribution in [0.3, 0.4) is 0 Å². The van der Waals surface area contributed by atoms with Crippen molar-refractivity contribution in [2.45, 2.75) is 40.2 Å². The first-order valence-electron chi connectivity index (χ1n) is 7.61. The van der Waals surface area contributed by atoms with E-state index < -0.39 is 0 Å². The number of pyridine rings is 1. The van der Waals surface area contributed by atoms with Gasteiger partial charge in [-0.3, -0.25) is 9.88 Å². The predicted octanol–water partition coefficient (Wildman–Crippen LogP) is 4.17. The Morgan fingerprint density at radius 3 is 2.70 bits per heavy atom. The van der Waals surface area contributed by atoms with Gasteiger partial charge in [0.25, 0.3) is 0 Å². The lowest BCUT2D eigenvalue weighted by atomic mass is 9.84. The van der Waals surface area contributed by atoms with Crippen molar-refractivity contribution >= 4 is 10.8 Å². The molecule has 0 radical (unpaired) electrons. The summed E-state index contributed by atoms with van der Waals surface area (Å²) in [6.45, 7) is 10.3. The standard InChI is InChI=1S/C18H24N2/c1-14-16-7-4-5-8-17(16)15(11-19-14)12-20-10-6-9-18(2,3)13-20/h4-5,7-8,11H,6,9-10,12-13H2,1-3H3. The molecule has 1 aromatic carbocycles. The van der Waals surface area contributed by atoms with Gasteiger partial charge in [-0.1, -0.05) is 38.1 Å². The lowest BCUT2D eigenvalue weighted by molar-refractivity contribution is 0.112. The van der Waals surface area contributed by atoms with Crippen LogP contribution in [0, 0.1) is 12.3 Å². The Bertz CT molecular complexity index is 616. The molecule has 1 fully saturated rings. The first-order valence-corrected chi connectivity index (χ1v) is 7.61. The third-order valence-corrected chi connectivity index (χ3v) is 4.45. The van der Waals surface area contributed by atoms with Crippen LogP contribution < -0.4 is 0 Å². The van der Waals surface area contributed by atoms with Crippen molar-refractivity contribution in [3.63, 3.8) is 0 Å². The maximum absolute atomic E-state index is 4.58. The zero-order valence-corrected chi connectivity index (χ0v) is 12.8. The summed E-state index contributed by atoms with van der Waals surface area (Å²) in [5.41, 5.74) is 2.94. The second kappa shape index (κ2) is 5.17. The first kappa shape index (κ1) is 13.6. The molecule has 0 saturated carbocycles. The number of benzene rings is 1. The highest BCUT2D eigenvalue weighted by atomic mass is 15.1. The van der Waals surface area contributed by atoms with Crippen LogP contribution in [0.4, 0.5) is 0 Å². The van der Waals surface area contributed by atoms with E-state index in [1.807, 2.05) is 0 Å². The van der Waals surface area contributed by atoms with Crippen LogP contribution in [0.25, 0.3) is 10.8 Å². The highest BCUT2D eigenvalue weighted by Crippen LogP contribution is 2.30. The van der Waals surface area contributed by atoms with E-state index >= 15 is 0 Å². The summed E-state index contributed by atoms with van der Waals surface area (Å²) in [5.74, 6) is 0. The molecule has 3 rings (SSSR count). The largest absolute Gasteiger partial charge is 0.298 e. The highest BCUT2D eigenvalue weighted by Gasteiger charge is 2.26. The molecule has 0 atom stereocenters. The number of aryl methyl sites for hydroxylation is 1. The Labute approximate surface area is 121 Å². The smallest absolute Gasteiger partial charge is 0.0451 e. The Balaban J connectivity index is 1.90. The van der Waals surface area contributed by atoms with E-state index in [0.29, 0.717) is 5.41 Å². The van der Waals surface area contributed by atoms with Gasteiger partial charge in [0.1, 0.15) is 0 Å². The van der Waals surface area contributed by atoms with Crippen LogP contribution in [-0.2, 0) is 6.54 Å². The molecule has 1 aliphatic rings. The van der Waals surface area contributed by atoms with Gasteiger partial charge in [0.2, 0.25) is 0 Å². The fourth-order valence-corrected chi connectivity index (χ4v) is 3.44. The number of piperidine rings is 1. The minimum atomic E-state index is 0.451. The lowest BCUT2D eigenvalue weighted by Crippen LogP contribution is -2.39. The zero-order chi connectivity index (χ0) is 14.2. The molecule has 0 spiro atoms. The molecule has 0 unspecified atom stereocenters. The molecule has 106 valence electrons. The summed E-state index contributed by atoms with van der Waals surface area (Å²) in [6, 6.07) is 8.64. The maximum atomic E-state index is 4.58. The molecule has 1 saturated heterocycles. The van der Waals surface area contributed by atoms with E-state index in [1.165, 1.54) is 42.3 Å². The van der Waals surface area contributed by atoms with Crippen LogP contribution in [-0.4, -0.2) is 23.0 Å².